The molecule has 1 rings (SSSR count). The molecule has 0 bridgehead atoms. The number of rotatable bonds is 6. The van der Waals surface area contributed by atoms with Gasteiger partial charge in [0.05, 0.1) is 6.10 Å². The topological polar surface area (TPSA) is 58.0 Å². The molecule has 4 nitrogen and oxygen atoms in total. The van der Waals surface area contributed by atoms with E-state index in [0.717, 1.165) is 17.4 Å². The van der Waals surface area contributed by atoms with E-state index < -0.39 is 0 Å². The van der Waals surface area contributed by atoms with Crippen LogP contribution in [0.2, 0.25) is 0 Å². The highest BCUT2D eigenvalue weighted by Crippen LogP contribution is 2.17. The number of aliphatic hydroxyl groups is 1. The molecule has 0 radical (unpaired) electrons. The molecule has 0 aliphatic carbocycles. The van der Waals surface area contributed by atoms with Crippen LogP contribution >= 0.6 is 11.5 Å². The van der Waals surface area contributed by atoms with Crippen LogP contribution in [0.1, 0.15) is 45.9 Å². The minimum Gasteiger partial charge on any atom is -0.391 e. The number of anilines is 1. The zero-order valence-electron chi connectivity index (χ0n) is 10.4. The second-order valence-electron chi connectivity index (χ2n) is 4.78. The Kier molecular flexibility index (Phi) is 5.15. The molecule has 0 aliphatic heterocycles. The maximum Gasteiger partial charge on any atom is 0.202 e. The first-order valence-corrected chi connectivity index (χ1v) is 6.52. The van der Waals surface area contributed by atoms with Gasteiger partial charge in [0.1, 0.15) is 5.82 Å². The Balaban J connectivity index is 2.36. The summed E-state index contributed by atoms with van der Waals surface area (Å²) in [7, 11) is 0. The smallest absolute Gasteiger partial charge is 0.202 e. The van der Waals surface area contributed by atoms with Gasteiger partial charge in [-0.1, -0.05) is 27.7 Å². The summed E-state index contributed by atoms with van der Waals surface area (Å²) < 4.78 is 4.24. The Morgan fingerprint density at radius 3 is 2.50 bits per heavy atom. The lowest BCUT2D eigenvalue weighted by Gasteiger charge is -2.12. The van der Waals surface area contributed by atoms with Crippen molar-refractivity contribution in [3.63, 3.8) is 0 Å². The summed E-state index contributed by atoms with van der Waals surface area (Å²) in [6.45, 7) is 8.89. The van der Waals surface area contributed by atoms with E-state index in [1.807, 2.05) is 0 Å². The lowest BCUT2D eigenvalue weighted by atomic mass is 10.1. The fourth-order valence-corrected chi connectivity index (χ4v) is 2.09. The molecule has 0 aromatic carbocycles. The highest BCUT2D eigenvalue weighted by molar-refractivity contribution is 7.09. The van der Waals surface area contributed by atoms with Crippen molar-refractivity contribution in [3.8, 4) is 0 Å². The van der Waals surface area contributed by atoms with Crippen molar-refractivity contribution in [2.75, 3.05) is 11.9 Å². The molecule has 0 spiro atoms. The van der Waals surface area contributed by atoms with Crippen LogP contribution in [0, 0.1) is 5.92 Å². The molecular formula is C11H21N3OS. The van der Waals surface area contributed by atoms with Crippen LogP contribution in [-0.2, 0) is 0 Å². The van der Waals surface area contributed by atoms with Crippen LogP contribution < -0.4 is 5.32 Å². The fraction of sp³-hybridized carbons (Fsp3) is 0.818. The average molecular weight is 243 g/mol. The largest absolute Gasteiger partial charge is 0.391 e. The minimum absolute atomic E-state index is 0.314. The lowest BCUT2D eigenvalue weighted by molar-refractivity contribution is 0.161. The molecule has 1 unspecified atom stereocenters. The minimum atomic E-state index is -0.314. The van der Waals surface area contributed by atoms with E-state index in [-0.39, 0.29) is 6.10 Å². The van der Waals surface area contributed by atoms with E-state index in [1.54, 1.807) is 0 Å². The van der Waals surface area contributed by atoms with E-state index in [1.165, 1.54) is 11.5 Å². The molecule has 1 aromatic rings. The monoisotopic (exact) mass is 243 g/mol. The van der Waals surface area contributed by atoms with Crippen LogP contribution in [0.25, 0.3) is 0 Å². The first-order valence-electron chi connectivity index (χ1n) is 5.74. The van der Waals surface area contributed by atoms with Gasteiger partial charge in [-0.3, -0.25) is 0 Å². The number of aliphatic hydroxyl groups excluding tert-OH is 1. The maximum absolute atomic E-state index is 9.69. The van der Waals surface area contributed by atoms with Gasteiger partial charge in [-0.15, -0.1) is 0 Å². The number of nitrogens with one attached hydrogen (secondary N) is 1. The summed E-state index contributed by atoms with van der Waals surface area (Å²) in [5.41, 5.74) is 0. The predicted octanol–water partition coefficient (Wildman–Crippen LogP) is 2.48. The zero-order valence-corrected chi connectivity index (χ0v) is 11.2. The van der Waals surface area contributed by atoms with E-state index in [9.17, 15) is 5.11 Å². The number of hydrogen-bond acceptors (Lipinski definition) is 5. The molecular weight excluding hydrogens is 222 g/mol. The molecule has 0 saturated carbocycles. The van der Waals surface area contributed by atoms with Crippen LogP contribution in [-0.4, -0.2) is 27.1 Å². The van der Waals surface area contributed by atoms with Gasteiger partial charge in [-0.05, 0) is 12.3 Å². The van der Waals surface area contributed by atoms with E-state index >= 15 is 0 Å². The molecule has 16 heavy (non-hydrogen) atoms. The second kappa shape index (κ2) is 6.15. The third-order valence-electron chi connectivity index (χ3n) is 2.19. The molecule has 5 heteroatoms. The molecule has 0 fully saturated rings. The van der Waals surface area contributed by atoms with Crippen LogP contribution in [0.5, 0.6) is 0 Å². The lowest BCUT2D eigenvalue weighted by Crippen LogP contribution is -2.21. The first-order chi connectivity index (χ1) is 7.49. The third kappa shape index (κ3) is 4.45. The predicted molar refractivity (Wildman–Crippen MR) is 67.9 cm³/mol. The molecule has 1 heterocycles. The van der Waals surface area contributed by atoms with Gasteiger partial charge >= 0.3 is 0 Å². The summed E-state index contributed by atoms with van der Waals surface area (Å²) in [6.07, 6.45) is 0.495. The SMILES string of the molecule is CC(C)CC(O)CNc1nc(C(C)C)ns1. The fourth-order valence-electron chi connectivity index (χ4n) is 1.37. The van der Waals surface area contributed by atoms with Gasteiger partial charge in [0.25, 0.3) is 0 Å². The van der Waals surface area contributed by atoms with E-state index in [4.69, 9.17) is 0 Å². The van der Waals surface area contributed by atoms with Crippen LogP contribution in [0.4, 0.5) is 5.13 Å². The molecule has 92 valence electrons. The van der Waals surface area contributed by atoms with Crippen molar-refractivity contribution in [1.82, 2.24) is 9.36 Å². The molecule has 0 amide bonds. The van der Waals surface area contributed by atoms with Gasteiger partial charge < -0.3 is 10.4 Å². The summed E-state index contributed by atoms with van der Waals surface area (Å²) in [4.78, 5) is 4.35. The van der Waals surface area contributed by atoms with Gasteiger partial charge in [-0.25, -0.2) is 4.98 Å². The number of nitrogens with zero attached hydrogens (tertiary/aromatic N) is 2. The van der Waals surface area contributed by atoms with E-state index in [2.05, 4.69) is 42.4 Å². The van der Waals surface area contributed by atoms with Crippen molar-refractivity contribution in [2.45, 2.75) is 46.1 Å². The summed E-state index contributed by atoms with van der Waals surface area (Å²) >= 11 is 1.36. The van der Waals surface area contributed by atoms with Crippen LogP contribution in [0.15, 0.2) is 0 Å². The van der Waals surface area contributed by atoms with E-state index in [0.29, 0.717) is 18.4 Å². The standard InChI is InChI=1S/C11H21N3OS/c1-7(2)5-9(15)6-12-11-13-10(8(3)4)14-16-11/h7-9,15H,5-6H2,1-4H3,(H,12,13,14). The van der Waals surface area contributed by atoms with Crippen molar-refractivity contribution in [1.29, 1.82) is 0 Å². The normalized spacial score (nSPS) is 13.4. The van der Waals surface area contributed by atoms with Gasteiger partial charge in [0.2, 0.25) is 5.13 Å². The molecule has 0 saturated heterocycles. The number of hydrogen-bond donors (Lipinski definition) is 2. The Bertz CT molecular complexity index is 312. The summed E-state index contributed by atoms with van der Waals surface area (Å²) in [6, 6.07) is 0. The highest BCUT2D eigenvalue weighted by Gasteiger charge is 2.10. The summed E-state index contributed by atoms with van der Waals surface area (Å²) in [5, 5.41) is 13.6. The van der Waals surface area contributed by atoms with Crippen molar-refractivity contribution in [3.05, 3.63) is 5.82 Å². The van der Waals surface area contributed by atoms with Crippen molar-refractivity contribution < 1.29 is 5.11 Å². The van der Waals surface area contributed by atoms with Gasteiger partial charge in [0.15, 0.2) is 0 Å². The number of aromatic nitrogens is 2. The Morgan fingerprint density at radius 2 is 2.00 bits per heavy atom. The molecule has 1 aromatic heterocycles. The highest BCUT2D eigenvalue weighted by atomic mass is 32.1. The van der Waals surface area contributed by atoms with Gasteiger partial charge in [0, 0.05) is 24.0 Å². The van der Waals surface area contributed by atoms with Crippen molar-refractivity contribution >= 4 is 16.7 Å². The maximum atomic E-state index is 9.69. The molecule has 2 N–H and O–H groups in total. The second-order valence-corrected chi connectivity index (χ2v) is 5.53. The van der Waals surface area contributed by atoms with Crippen molar-refractivity contribution in [2.24, 2.45) is 5.92 Å². The van der Waals surface area contributed by atoms with Crippen LogP contribution in [0.3, 0.4) is 0 Å². The average Bonchev–Trinajstić information content (AvgIpc) is 2.61. The molecule has 1 atom stereocenters. The Morgan fingerprint density at radius 1 is 1.31 bits per heavy atom. The zero-order chi connectivity index (χ0) is 12.1. The third-order valence-corrected chi connectivity index (χ3v) is 2.88. The Labute approximate surface area is 101 Å². The quantitative estimate of drug-likeness (QED) is 0.806. The first kappa shape index (κ1) is 13.4. The Hall–Kier alpha value is -0.680. The van der Waals surface area contributed by atoms with Gasteiger partial charge in [-0.2, -0.15) is 4.37 Å². The summed E-state index contributed by atoms with van der Waals surface area (Å²) in [5.74, 6) is 1.73. The molecule has 0 aliphatic rings.